The van der Waals surface area contributed by atoms with E-state index in [0.717, 1.165) is 12.8 Å². The first-order chi connectivity index (χ1) is 31.8. The van der Waals surface area contributed by atoms with E-state index in [0.29, 0.717) is 5.92 Å². The van der Waals surface area contributed by atoms with Gasteiger partial charge in [-0.15, -0.1) is 29.3 Å². The van der Waals surface area contributed by atoms with Crippen LogP contribution >= 0.6 is 22.7 Å². The summed E-state index contributed by atoms with van der Waals surface area (Å²) in [5.74, 6) is 0.443. The average Bonchev–Trinajstić information content (AvgIpc) is 3.92. The van der Waals surface area contributed by atoms with Crippen molar-refractivity contribution < 1.29 is 0 Å². The molecule has 2 heterocycles. The van der Waals surface area contributed by atoms with Gasteiger partial charge >= 0.3 is 0 Å². The van der Waals surface area contributed by atoms with Crippen molar-refractivity contribution in [1.82, 2.24) is 0 Å². The molecule has 0 saturated carbocycles. The van der Waals surface area contributed by atoms with Gasteiger partial charge in [-0.1, -0.05) is 141 Å². The number of hydrogen-bond acceptors (Lipinski definition) is 2. The quantitative estimate of drug-likeness (QED) is 0.120. The second-order valence-electron chi connectivity index (χ2n) is 17.7. The lowest BCUT2D eigenvalue weighted by molar-refractivity contribution is 0.735. The Morgan fingerprint density at radius 1 is 0.431 bits per heavy atom. The number of benzene rings is 9. The Morgan fingerprint density at radius 3 is 1.37 bits per heavy atom. The molecule has 0 nitrogen and oxygen atoms in total. The van der Waals surface area contributed by atoms with Gasteiger partial charge in [0.15, 0.2) is 0 Å². The molecule has 0 aliphatic carbocycles. The zero-order valence-electron chi connectivity index (χ0n) is 37.4. The lowest BCUT2D eigenvalue weighted by atomic mass is 9.85. The summed E-state index contributed by atoms with van der Waals surface area (Å²) in [6, 6.07) is 68.5. The van der Waals surface area contributed by atoms with Crippen LogP contribution in [-0.2, 0) is 6.42 Å². The van der Waals surface area contributed by atoms with Crippen LogP contribution in [-0.4, -0.2) is 0 Å². The number of allylic oxidation sites excluding steroid dienone is 1. The Hall–Kier alpha value is -6.84. The number of hydrogen-bond donors (Lipinski definition) is 0. The lowest BCUT2D eigenvalue weighted by Crippen LogP contribution is -1.98. The van der Waals surface area contributed by atoms with Crippen molar-refractivity contribution in [1.29, 1.82) is 0 Å². The van der Waals surface area contributed by atoms with Crippen LogP contribution in [0.4, 0.5) is 0 Å². The normalized spacial score (nSPS) is 12.1. The van der Waals surface area contributed by atoms with Crippen LogP contribution in [0.5, 0.6) is 0 Å². The maximum Gasteiger partial charge on any atom is 0.0362 e. The lowest BCUT2D eigenvalue weighted by Gasteiger charge is -2.19. The highest BCUT2D eigenvalue weighted by molar-refractivity contribution is 7.28. The zero-order chi connectivity index (χ0) is 44.2. The molecule has 1 unspecified atom stereocenters. The summed E-state index contributed by atoms with van der Waals surface area (Å²) in [6.45, 7) is 13.3. The summed E-state index contributed by atoms with van der Waals surface area (Å²) < 4.78 is 5.31. The van der Waals surface area contributed by atoms with Crippen LogP contribution in [0.25, 0.3) is 107 Å². The summed E-state index contributed by atoms with van der Waals surface area (Å²) >= 11 is 3.81. The van der Waals surface area contributed by atoms with Crippen LogP contribution in [0.2, 0.25) is 0 Å². The summed E-state index contributed by atoms with van der Waals surface area (Å²) in [5.41, 5.74) is 20.4. The van der Waals surface area contributed by atoms with E-state index < -0.39 is 0 Å². The fraction of sp³-hybridized carbons (Fsp3) is 0.111. The van der Waals surface area contributed by atoms with Crippen LogP contribution in [0.1, 0.15) is 48.4 Å². The number of aryl methyl sites for hydroxylation is 2. The molecule has 314 valence electrons. The molecular weight excluding hydrogens is 821 g/mol. The van der Waals surface area contributed by atoms with Crippen LogP contribution in [0, 0.1) is 13.8 Å². The summed E-state index contributed by atoms with van der Waals surface area (Å²) in [7, 11) is 0. The van der Waals surface area contributed by atoms with Crippen LogP contribution < -0.4 is 0 Å². The van der Waals surface area contributed by atoms with E-state index in [4.69, 9.17) is 0 Å². The van der Waals surface area contributed by atoms with Crippen molar-refractivity contribution in [3.8, 4) is 66.8 Å². The van der Waals surface area contributed by atoms with E-state index in [9.17, 15) is 0 Å². The fourth-order valence-corrected chi connectivity index (χ4v) is 12.1. The predicted molar refractivity (Wildman–Crippen MR) is 287 cm³/mol. The largest absolute Gasteiger partial charge is 0.135 e. The Kier molecular flexibility index (Phi) is 10.7. The van der Waals surface area contributed by atoms with E-state index >= 15 is 0 Å². The van der Waals surface area contributed by atoms with E-state index in [-0.39, 0.29) is 0 Å². The van der Waals surface area contributed by atoms with Crippen molar-refractivity contribution in [3.63, 3.8) is 0 Å². The van der Waals surface area contributed by atoms with Gasteiger partial charge in [0.2, 0.25) is 0 Å². The zero-order valence-corrected chi connectivity index (χ0v) is 39.0. The van der Waals surface area contributed by atoms with Gasteiger partial charge in [-0.3, -0.25) is 0 Å². The van der Waals surface area contributed by atoms with Crippen molar-refractivity contribution in [2.24, 2.45) is 0 Å². The highest BCUT2D eigenvalue weighted by Crippen LogP contribution is 2.47. The molecular formula is C63H50S2. The van der Waals surface area contributed by atoms with E-state index in [1.807, 2.05) is 28.7 Å². The molecule has 2 aromatic heterocycles. The minimum atomic E-state index is 0.443. The molecule has 11 aromatic rings. The Bertz CT molecular complexity index is 3600. The number of fused-ring (bicyclic) bond motifs is 7. The van der Waals surface area contributed by atoms with Gasteiger partial charge < -0.3 is 0 Å². The number of rotatable bonds is 10. The number of thiophene rings is 2. The monoisotopic (exact) mass is 870 g/mol. The van der Waals surface area contributed by atoms with Crippen LogP contribution in [0.15, 0.2) is 195 Å². The molecule has 0 fully saturated rings. The molecule has 0 aliphatic rings. The molecule has 0 amide bonds. The molecule has 65 heavy (non-hydrogen) atoms. The van der Waals surface area contributed by atoms with Gasteiger partial charge in [-0.05, 0) is 182 Å². The van der Waals surface area contributed by atoms with Gasteiger partial charge in [0.1, 0.15) is 0 Å². The molecule has 0 spiro atoms. The third kappa shape index (κ3) is 7.41. The van der Waals surface area contributed by atoms with E-state index in [1.54, 1.807) is 0 Å². The summed E-state index contributed by atoms with van der Waals surface area (Å²) in [6.07, 6.45) is 3.92. The van der Waals surface area contributed by atoms with Crippen molar-refractivity contribution in [2.45, 2.75) is 46.5 Å². The first kappa shape index (κ1) is 40.9. The van der Waals surface area contributed by atoms with E-state index in [1.165, 1.54) is 129 Å². The molecule has 0 saturated heterocycles. The molecule has 0 N–H and O–H groups in total. The smallest absolute Gasteiger partial charge is 0.0362 e. The molecule has 0 aliphatic heterocycles. The maximum atomic E-state index is 4.13. The SMILES string of the molecule is C=CCc1ccc(-c2ccc3sc4ccc5sc6ccc(-c7ccc(C(C)CC)c(-c8cc(-c9ccccc9)ccc8C)c7)cc6c5c4c3c2)cc1-c1cc(-c2ccccc2)ccc1C. The molecule has 1 atom stereocenters. The Balaban J connectivity index is 1.04. The molecule has 0 radical (unpaired) electrons. The topological polar surface area (TPSA) is 0 Å². The van der Waals surface area contributed by atoms with Crippen molar-refractivity contribution in [2.75, 3.05) is 0 Å². The Labute approximate surface area is 390 Å². The third-order valence-corrected chi connectivity index (χ3v) is 15.9. The summed E-state index contributed by atoms with van der Waals surface area (Å²) in [5, 5.41) is 5.39. The van der Waals surface area contributed by atoms with Gasteiger partial charge in [-0.2, -0.15) is 0 Å². The predicted octanol–water partition coefficient (Wildman–Crippen LogP) is 19.3. The standard InChI is InChI=1S/C63H50S2/c1-6-14-44-23-24-47(35-54(44)52-33-45(21-19-40(52)4)42-15-10-8-11-16-42)49-26-29-58-56(37-49)62-60(64-58)31-32-61-63(62)57-38-50(27-30-59(57)65-61)48-25-28-51(39(3)7-2)55(36-48)53-34-46(22-20-41(53)5)43-17-12-9-13-18-43/h6,8-13,15-39H,1,7,14H2,2-5H3. The van der Waals surface area contributed by atoms with Crippen molar-refractivity contribution in [3.05, 3.63) is 217 Å². The third-order valence-electron chi connectivity index (χ3n) is 13.7. The van der Waals surface area contributed by atoms with Crippen molar-refractivity contribution >= 4 is 63.0 Å². The first-order valence-corrected chi connectivity index (χ1v) is 24.5. The highest BCUT2D eigenvalue weighted by atomic mass is 32.1. The molecule has 9 aromatic carbocycles. The van der Waals surface area contributed by atoms with E-state index in [2.05, 4.69) is 216 Å². The second kappa shape index (κ2) is 16.9. The van der Waals surface area contributed by atoms with Gasteiger partial charge in [0, 0.05) is 40.3 Å². The molecule has 2 heteroatoms. The minimum absolute atomic E-state index is 0.443. The first-order valence-electron chi connectivity index (χ1n) is 22.9. The van der Waals surface area contributed by atoms with Gasteiger partial charge in [0.25, 0.3) is 0 Å². The van der Waals surface area contributed by atoms with Crippen LogP contribution in [0.3, 0.4) is 0 Å². The maximum absolute atomic E-state index is 4.13. The second-order valence-corrected chi connectivity index (χ2v) is 19.9. The highest BCUT2D eigenvalue weighted by Gasteiger charge is 2.19. The average molecular weight is 871 g/mol. The molecule has 0 bridgehead atoms. The fourth-order valence-electron chi connectivity index (χ4n) is 9.90. The van der Waals surface area contributed by atoms with Gasteiger partial charge in [0.05, 0.1) is 0 Å². The van der Waals surface area contributed by atoms with Gasteiger partial charge in [-0.25, -0.2) is 0 Å². The summed E-state index contributed by atoms with van der Waals surface area (Å²) in [4.78, 5) is 0. The Morgan fingerprint density at radius 2 is 0.846 bits per heavy atom. The minimum Gasteiger partial charge on any atom is -0.135 e. The molecule has 11 rings (SSSR count).